The molecule has 2 heterocycles. The monoisotopic (exact) mass is 390 g/mol. The van der Waals surface area contributed by atoms with Crippen molar-refractivity contribution < 1.29 is 9.90 Å². The molecule has 1 aromatic heterocycles. The Kier molecular flexibility index (Phi) is 5.46. The van der Waals surface area contributed by atoms with Gasteiger partial charge in [0.2, 0.25) is 0 Å². The van der Waals surface area contributed by atoms with E-state index < -0.39 is 5.97 Å². The molecule has 1 saturated heterocycles. The number of nitrogens with one attached hydrogen (secondary N) is 1. The number of aryl methyl sites for hydroxylation is 2. The van der Waals surface area contributed by atoms with E-state index in [0.717, 1.165) is 25.9 Å². The summed E-state index contributed by atoms with van der Waals surface area (Å²) < 4.78 is 0. The number of aromatic amines is 1. The quantitative estimate of drug-likeness (QED) is 0.622. The molecule has 2 atom stereocenters. The second-order valence-electron chi connectivity index (χ2n) is 8.33. The predicted octanol–water partition coefficient (Wildman–Crippen LogP) is 5.29. The van der Waals surface area contributed by atoms with Crippen LogP contribution in [0.15, 0.2) is 42.6 Å². The standard InChI is InChI=1S/C25H30N2O2/c1-4-27-13-5-6-20(18-7-9-19(10-8-18)25(28)29)23(27)15-22-16(2)14-17(3)24-21(22)11-12-26-24/h7-12,14,20,23,26H,4-6,13,15H2,1-3H3,(H,28,29). The fourth-order valence-corrected chi connectivity index (χ4v) is 5.18. The molecule has 4 heteroatoms. The molecule has 152 valence electrons. The first-order valence-corrected chi connectivity index (χ1v) is 10.6. The van der Waals surface area contributed by atoms with E-state index in [2.05, 4.69) is 42.8 Å². The number of hydrogen-bond donors (Lipinski definition) is 2. The topological polar surface area (TPSA) is 56.3 Å². The van der Waals surface area contributed by atoms with E-state index in [4.69, 9.17) is 0 Å². The number of rotatable bonds is 5. The molecule has 1 fully saturated rings. The van der Waals surface area contributed by atoms with Gasteiger partial charge < -0.3 is 10.1 Å². The van der Waals surface area contributed by atoms with Gasteiger partial charge in [-0.25, -0.2) is 4.79 Å². The van der Waals surface area contributed by atoms with Crippen molar-refractivity contribution in [2.45, 2.75) is 52.0 Å². The lowest BCUT2D eigenvalue weighted by Gasteiger charge is -2.42. The zero-order chi connectivity index (χ0) is 20.5. The van der Waals surface area contributed by atoms with Gasteiger partial charge in [-0.05, 0) is 92.6 Å². The number of carbonyl (C=O) groups is 1. The fourth-order valence-electron chi connectivity index (χ4n) is 5.18. The predicted molar refractivity (Wildman–Crippen MR) is 118 cm³/mol. The minimum Gasteiger partial charge on any atom is -0.478 e. The number of carboxylic acid groups (broad SMARTS) is 1. The highest BCUT2D eigenvalue weighted by atomic mass is 16.4. The lowest BCUT2D eigenvalue weighted by Crippen LogP contribution is -2.45. The molecule has 2 N–H and O–H groups in total. The number of aromatic nitrogens is 1. The van der Waals surface area contributed by atoms with Gasteiger partial charge in [0, 0.05) is 23.1 Å². The molecule has 3 aromatic rings. The summed E-state index contributed by atoms with van der Waals surface area (Å²) in [7, 11) is 0. The number of piperidine rings is 1. The molecule has 0 radical (unpaired) electrons. The van der Waals surface area contributed by atoms with E-state index in [1.165, 1.54) is 39.6 Å². The van der Waals surface area contributed by atoms with E-state index in [1.54, 1.807) is 12.1 Å². The third-order valence-corrected chi connectivity index (χ3v) is 6.67. The molecule has 29 heavy (non-hydrogen) atoms. The Bertz CT molecular complexity index is 1020. The van der Waals surface area contributed by atoms with Crippen LogP contribution >= 0.6 is 0 Å². The van der Waals surface area contributed by atoms with Crippen molar-refractivity contribution in [1.29, 1.82) is 0 Å². The number of likely N-dealkylation sites (N-methyl/N-ethyl adjacent to an activating group) is 1. The van der Waals surface area contributed by atoms with Crippen LogP contribution in [-0.2, 0) is 6.42 Å². The third kappa shape index (κ3) is 3.69. The zero-order valence-electron chi connectivity index (χ0n) is 17.5. The molecule has 1 aliphatic rings. The summed E-state index contributed by atoms with van der Waals surface area (Å²) in [5.74, 6) is -0.446. The van der Waals surface area contributed by atoms with Gasteiger partial charge >= 0.3 is 5.97 Å². The Hall–Kier alpha value is -2.59. The smallest absolute Gasteiger partial charge is 0.335 e. The number of aromatic carboxylic acids is 1. The SMILES string of the molecule is CCN1CCCC(c2ccc(C(=O)O)cc2)C1Cc1c(C)cc(C)c2[nH]ccc12. The van der Waals surface area contributed by atoms with Gasteiger partial charge in [-0.1, -0.05) is 25.1 Å². The number of nitrogens with zero attached hydrogens (tertiary/aromatic N) is 1. The summed E-state index contributed by atoms with van der Waals surface area (Å²) in [4.78, 5) is 17.3. The highest BCUT2D eigenvalue weighted by Gasteiger charge is 2.32. The van der Waals surface area contributed by atoms with Crippen molar-refractivity contribution in [2.75, 3.05) is 13.1 Å². The summed E-state index contributed by atoms with van der Waals surface area (Å²) in [6, 6.07) is 12.5. The second kappa shape index (κ2) is 8.03. The van der Waals surface area contributed by atoms with Crippen LogP contribution in [0.25, 0.3) is 10.9 Å². The average molecular weight is 391 g/mol. The van der Waals surface area contributed by atoms with Crippen LogP contribution in [0.2, 0.25) is 0 Å². The van der Waals surface area contributed by atoms with Crippen molar-refractivity contribution in [2.24, 2.45) is 0 Å². The Labute approximate surface area is 172 Å². The Morgan fingerprint density at radius 2 is 1.93 bits per heavy atom. The zero-order valence-corrected chi connectivity index (χ0v) is 17.5. The largest absolute Gasteiger partial charge is 0.478 e. The number of carboxylic acids is 1. The maximum absolute atomic E-state index is 11.2. The maximum atomic E-state index is 11.2. The first-order valence-electron chi connectivity index (χ1n) is 10.6. The summed E-state index contributed by atoms with van der Waals surface area (Å²) >= 11 is 0. The van der Waals surface area contributed by atoms with E-state index >= 15 is 0 Å². The molecule has 4 nitrogen and oxygen atoms in total. The highest BCUT2D eigenvalue weighted by Crippen LogP contribution is 2.37. The van der Waals surface area contributed by atoms with Gasteiger partial charge in [-0.2, -0.15) is 0 Å². The van der Waals surface area contributed by atoms with Gasteiger partial charge in [0.25, 0.3) is 0 Å². The van der Waals surface area contributed by atoms with Crippen LogP contribution in [0, 0.1) is 13.8 Å². The lowest BCUT2D eigenvalue weighted by atomic mass is 9.79. The molecule has 1 aliphatic heterocycles. The summed E-state index contributed by atoms with van der Waals surface area (Å²) in [6.45, 7) is 8.81. The summed E-state index contributed by atoms with van der Waals surface area (Å²) in [5.41, 5.74) is 6.94. The van der Waals surface area contributed by atoms with Crippen molar-refractivity contribution in [3.63, 3.8) is 0 Å². The first kappa shape index (κ1) is 19.7. The van der Waals surface area contributed by atoms with Gasteiger partial charge in [0.05, 0.1) is 5.56 Å². The van der Waals surface area contributed by atoms with E-state index in [1.807, 2.05) is 18.3 Å². The van der Waals surface area contributed by atoms with Crippen LogP contribution in [0.3, 0.4) is 0 Å². The summed E-state index contributed by atoms with van der Waals surface area (Å²) in [6.07, 6.45) is 5.39. The molecule has 0 aliphatic carbocycles. The molecular weight excluding hydrogens is 360 g/mol. The Balaban J connectivity index is 1.72. The van der Waals surface area contributed by atoms with Crippen LogP contribution in [-0.4, -0.2) is 40.1 Å². The van der Waals surface area contributed by atoms with Crippen LogP contribution in [0.1, 0.15) is 58.3 Å². The van der Waals surface area contributed by atoms with E-state index in [-0.39, 0.29) is 0 Å². The minimum atomic E-state index is -0.864. The third-order valence-electron chi connectivity index (χ3n) is 6.67. The second-order valence-corrected chi connectivity index (χ2v) is 8.33. The minimum absolute atomic E-state index is 0.358. The first-order chi connectivity index (χ1) is 14.0. The number of benzene rings is 2. The molecule has 0 spiro atoms. The molecule has 0 amide bonds. The van der Waals surface area contributed by atoms with Crippen molar-refractivity contribution in [1.82, 2.24) is 9.88 Å². The number of fused-ring (bicyclic) bond motifs is 1. The average Bonchev–Trinajstić information content (AvgIpc) is 3.21. The molecule has 2 unspecified atom stereocenters. The van der Waals surface area contributed by atoms with Crippen LogP contribution < -0.4 is 0 Å². The number of likely N-dealkylation sites (tertiary alicyclic amines) is 1. The number of hydrogen-bond acceptors (Lipinski definition) is 2. The normalized spacial score (nSPS) is 20.2. The molecule has 0 saturated carbocycles. The van der Waals surface area contributed by atoms with Gasteiger partial charge in [0.1, 0.15) is 0 Å². The molecule has 4 rings (SSSR count). The van der Waals surface area contributed by atoms with E-state index in [0.29, 0.717) is 17.5 Å². The Morgan fingerprint density at radius 1 is 1.17 bits per heavy atom. The van der Waals surface area contributed by atoms with E-state index in [9.17, 15) is 9.90 Å². The lowest BCUT2D eigenvalue weighted by molar-refractivity contribution is 0.0697. The molecule has 2 aromatic carbocycles. The Morgan fingerprint density at radius 3 is 2.62 bits per heavy atom. The number of H-pyrrole nitrogens is 1. The van der Waals surface area contributed by atoms with Gasteiger partial charge in [-0.3, -0.25) is 4.90 Å². The van der Waals surface area contributed by atoms with Crippen LogP contribution in [0.4, 0.5) is 0 Å². The molecular formula is C25H30N2O2. The van der Waals surface area contributed by atoms with Gasteiger partial charge in [0.15, 0.2) is 0 Å². The van der Waals surface area contributed by atoms with Crippen molar-refractivity contribution in [3.8, 4) is 0 Å². The highest BCUT2D eigenvalue weighted by molar-refractivity contribution is 5.88. The van der Waals surface area contributed by atoms with Crippen molar-refractivity contribution >= 4 is 16.9 Å². The van der Waals surface area contributed by atoms with Gasteiger partial charge in [-0.15, -0.1) is 0 Å². The summed E-state index contributed by atoms with van der Waals surface area (Å²) in [5, 5.41) is 10.6. The van der Waals surface area contributed by atoms with Crippen molar-refractivity contribution in [3.05, 3.63) is 70.4 Å². The molecule has 0 bridgehead atoms. The fraction of sp³-hybridized carbons (Fsp3) is 0.400. The maximum Gasteiger partial charge on any atom is 0.335 e. The van der Waals surface area contributed by atoms with Crippen LogP contribution in [0.5, 0.6) is 0 Å².